The number of hydrogen-bond donors (Lipinski definition) is 1. The van der Waals surface area contributed by atoms with E-state index in [-0.39, 0.29) is 5.54 Å². The molecule has 1 saturated carbocycles. The third kappa shape index (κ3) is 3.02. The van der Waals surface area contributed by atoms with Crippen molar-refractivity contribution < 1.29 is 9.15 Å². The number of aryl methyl sites for hydroxylation is 1. The van der Waals surface area contributed by atoms with Crippen LogP contribution in [0.3, 0.4) is 0 Å². The molecule has 0 saturated heterocycles. The monoisotopic (exact) mass is 266 g/mol. The zero-order chi connectivity index (χ0) is 13.9. The molecule has 4 nitrogen and oxygen atoms in total. The zero-order valence-corrected chi connectivity index (χ0v) is 12.3. The SMILES string of the molecule is COC1CCCC(CN)(N(C)Cc2ccoc2C)C1. The Labute approximate surface area is 115 Å². The highest BCUT2D eigenvalue weighted by atomic mass is 16.5. The number of likely N-dealkylation sites (N-methyl/N-ethyl adjacent to an activating group) is 1. The fraction of sp³-hybridized carbons (Fsp3) is 0.733. The minimum absolute atomic E-state index is 0.0582. The zero-order valence-electron chi connectivity index (χ0n) is 12.3. The molecule has 1 fully saturated rings. The molecule has 1 aromatic rings. The molecule has 19 heavy (non-hydrogen) atoms. The highest BCUT2D eigenvalue weighted by Crippen LogP contribution is 2.34. The maximum atomic E-state index is 6.10. The number of nitrogens with zero attached hydrogens (tertiary/aromatic N) is 1. The van der Waals surface area contributed by atoms with Crippen molar-refractivity contribution in [3.05, 3.63) is 23.7 Å². The summed E-state index contributed by atoms with van der Waals surface area (Å²) in [7, 11) is 3.97. The van der Waals surface area contributed by atoms with Crippen LogP contribution in [0.2, 0.25) is 0 Å². The maximum absolute atomic E-state index is 6.10. The lowest BCUT2D eigenvalue weighted by molar-refractivity contribution is -0.0150. The van der Waals surface area contributed by atoms with Gasteiger partial charge in [-0.25, -0.2) is 0 Å². The molecule has 0 aliphatic heterocycles. The lowest BCUT2D eigenvalue weighted by Gasteiger charge is -2.46. The average Bonchev–Trinajstić information content (AvgIpc) is 2.84. The first-order chi connectivity index (χ1) is 9.11. The van der Waals surface area contributed by atoms with E-state index in [0.717, 1.165) is 31.6 Å². The van der Waals surface area contributed by atoms with Gasteiger partial charge < -0.3 is 14.9 Å². The van der Waals surface area contributed by atoms with E-state index in [1.807, 2.05) is 13.0 Å². The van der Waals surface area contributed by atoms with E-state index in [1.54, 1.807) is 13.4 Å². The van der Waals surface area contributed by atoms with Gasteiger partial charge in [0.1, 0.15) is 5.76 Å². The summed E-state index contributed by atoms with van der Waals surface area (Å²) in [6.07, 6.45) is 6.60. The number of rotatable bonds is 5. The molecule has 108 valence electrons. The van der Waals surface area contributed by atoms with Crippen LogP contribution in [0.5, 0.6) is 0 Å². The molecule has 0 amide bonds. The molecule has 0 aromatic carbocycles. The van der Waals surface area contributed by atoms with E-state index in [1.165, 1.54) is 12.0 Å². The van der Waals surface area contributed by atoms with Crippen LogP contribution in [-0.4, -0.2) is 37.2 Å². The maximum Gasteiger partial charge on any atom is 0.105 e. The van der Waals surface area contributed by atoms with Gasteiger partial charge >= 0.3 is 0 Å². The molecule has 1 heterocycles. The van der Waals surface area contributed by atoms with Crippen LogP contribution < -0.4 is 5.73 Å². The van der Waals surface area contributed by atoms with Gasteiger partial charge in [0.25, 0.3) is 0 Å². The lowest BCUT2D eigenvalue weighted by Crippen LogP contribution is -2.55. The minimum atomic E-state index is 0.0582. The number of methoxy groups -OCH3 is 1. The summed E-state index contributed by atoms with van der Waals surface area (Å²) >= 11 is 0. The number of nitrogens with two attached hydrogens (primary N) is 1. The number of ether oxygens (including phenoxy) is 1. The van der Waals surface area contributed by atoms with E-state index in [0.29, 0.717) is 12.6 Å². The average molecular weight is 266 g/mol. The van der Waals surface area contributed by atoms with Crippen LogP contribution in [-0.2, 0) is 11.3 Å². The molecule has 1 aromatic heterocycles. The first kappa shape index (κ1) is 14.6. The fourth-order valence-corrected chi connectivity index (χ4v) is 3.17. The predicted octanol–water partition coefficient (Wildman–Crippen LogP) is 2.31. The molecule has 2 unspecified atom stereocenters. The van der Waals surface area contributed by atoms with Gasteiger partial charge in [-0.05, 0) is 45.7 Å². The van der Waals surface area contributed by atoms with Crippen molar-refractivity contribution in [3.63, 3.8) is 0 Å². The van der Waals surface area contributed by atoms with Crippen molar-refractivity contribution in [1.29, 1.82) is 0 Å². The van der Waals surface area contributed by atoms with Crippen molar-refractivity contribution in [1.82, 2.24) is 4.90 Å². The summed E-state index contributed by atoms with van der Waals surface area (Å²) < 4.78 is 10.9. The topological polar surface area (TPSA) is 51.6 Å². The van der Waals surface area contributed by atoms with Gasteiger partial charge in [0, 0.05) is 31.3 Å². The standard InChI is InChI=1S/C15H26N2O2/c1-12-13(6-8-19-12)10-17(2)15(11-16)7-4-5-14(9-15)18-3/h6,8,14H,4-5,7,9-11,16H2,1-3H3. The Morgan fingerprint density at radius 2 is 2.37 bits per heavy atom. The molecule has 1 aliphatic rings. The molecule has 2 atom stereocenters. The van der Waals surface area contributed by atoms with Gasteiger partial charge in [-0.1, -0.05) is 0 Å². The summed E-state index contributed by atoms with van der Waals surface area (Å²) in [5, 5.41) is 0. The number of hydrogen-bond acceptors (Lipinski definition) is 4. The van der Waals surface area contributed by atoms with Crippen LogP contribution in [0.25, 0.3) is 0 Å². The second-order valence-electron chi connectivity index (χ2n) is 5.74. The van der Waals surface area contributed by atoms with Gasteiger partial charge in [0.05, 0.1) is 12.4 Å². The normalized spacial score (nSPS) is 27.9. The number of furan rings is 1. The van der Waals surface area contributed by atoms with Crippen molar-refractivity contribution >= 4 is 0 Å². The summed E-state index contributed by atoms with van der Waals surface area (Å²) in [4.78, 5) is 2.38. The van der Waals surface area contributed by atoms with E-state index < -0.39 is 0 Å². The van der Waals surface area contributed by atoms with Crippen LogP contribution >= 0.6 is 0 Å². The third-order valence-electron chi connectivity index (χ3n) is 4.67. The van der Waals surface area contributed by atoms with Crippen LogP contribution in [0, 0.1) is 6.92 Å². The molecule has 0 radical (unpaired) electrons. The third-order valence-corrected chi connectivity index (χ3v) is 4.67. The molecule has 0 bridgehead atoms. The van der Waals surface area contributed by atoms with Gasteiger partial charge in [-0.2, -0.15) is 0 Å². The van der Waals surface area contributed by atoms with E-state index in [2.05, 4.69) is 11.9 Å². The predicted molar refractivity (Wildman–Crippen MR) is 76.0 cm³/mol. The van der Waals surface area contributed by atoms with Crippen LogP contribution in [0.15, 0.2) is 16.7 Å². The van der Waals surface area contributed by atoms with Crippen molar-refractivity contribution in [2.24, 2.45) is 5.73 Å². The Hall–Kier alpha value is -0.840. The Bertz CT molecular complexity index is 405. The quantitative estimate of drug-likeness (QED) is 0.888. The molecule has 2 rings (SSSR count). The summed E-state index contributed by atoms with van der Waals surface area (Å²) in [6, 6.07) is 2.05. The van der Waals surface area contributed by atoms with Gasteiger partial charge in [-0.15, -0.1) is 0 Å². The second kappa shape index (κ2) is 6.07. The molecule has 4 heteroatoms. The largest absolute Gasteiger partial charge is 0.469 e. The van der Waals surface area contributed by atoms with Gasteiger partial charge in [0.2, 0.25) is 0 Å². The smallest absolute Gasteiger partial charge is 0.105 e. The minimum Gasteiger partial charge on any atom is -0.469 e. The van der Waals surface area contributed by atoms with E-state index in [9.17, 15) is 0 Å². The molecule has 0 spiro atoms. The Kier molecular flexibility index (Phi) is 4.66. The highest BCUT2D eigenvalue weighted by Gasteiger charge is 2.38. The van der Waals surface area contributed by atoms with Crippen molar-refractivity contribution in [3.8, 4) is 0 Å². The summed E-state index contributed by atoms with van der Waals surface area (Å²) in [6.45, 7) is 3.58. The van der Waals surface area contributed by atoms with Gasteiger partial charge in [-0.3, -0.25) is 4.90 Å². The first-order valence-corrected chi connectivity index (χ1v) is 7.08. The van der Waals surface area contributed by atoms with E-state index >= 15 is 0 Å². The van der Waals surface area contributed by atoms with Crippen LogP contribution in [0.4, 0.5) is 0 Å². The molecule has 2 N–H and O–H groups in total. The molecular formula is C15H26N2O2. The Morgan fingerprint density at radius 1 is 1.58 bits per heavy atom. The first-order valence-electron chi connectivity index (χ1n) is 7.08. The van der Waals surface area contributed by atoms with Crippen LogP contribution in [0.1, 0.15) is 37.0 Å². The van der Waals surface area contributed by atoms with Crippen molar-refractivity contribution in [2.75, 3.05) is 20.7 Å². The van der Waals surface area contributed by atoms with E-state index in [4.69, 9.17) is 14.9 Å². The molecule has 1 aliphatic carbocycles. The molecular weight excluding hydrogens is 240 g/mol. The lowest BCUT2D eigenvalue weighted by atomic mass is 9.78. The van der Waals surface area contributed by atoms with Crippen molar-refractivity contribution in [2.45, 2.75) is 50.8 Å². The van der Waals surface area contributed by atoms with Gasteiger partial charge in [0.15, 0.2) is 0 Å². The summed E-state index contributed by atoms with van der Waals surface area (Å²) in [5.41, 5.74) is 7.41. The highest BCUT2D eigenvalue weighted by molar-refractivity contribution is 5.16. The Balaban J connectivity index is 2.09. The fourth-order valence-electron chi connectivity index (χ4n) is 3.17. The second-order valence-corrected chi connectivity index (χ2v) is 5.74. The Morgan fingerprint density at radius 3 is 2.95 bits per heavy atom. The summed E-state index contributed by atoms with van der Waals surface area (Å²) in [5.74, 6) is 0.998.